The van der Waals surface area contributed by atoms with E-state index in [0.29, 0.717) is 37.3 Å². The first kappa shape index (κ1) is 16.3. The molecule has 1 saturated heterocycles. The molecule has 0 unspecified atom stereocenters. The molecule has 7 nitrogen and oxygen atoms in total. The molecule has 0 saturated carbocycles. The number of benzene rings is 1. The highest BCUT2D eigenvalue weighted by Gasteiger charge is 2.32. The Morgan fingerprint density at radius 3 is 2.67 bits per heavy atom. The van der Waals surface area contributed by atoms with Crippen LogP contribution in [-0.2, 0) is 0 Å². The highest BCUT2D eigenvalue weighted by atomic mass is 16.5. The smallest absolute Gasteiger partial charge is 0.317 e. The van der Waals surface area contributed by atoms with Crippen molar-refractivity contribution in [3.8, 4) is 17.2 Å². The Kier molecular flexibility index (Phi) is 4.69. The molecule has 128 valence electrons. The van der Waals surface area contributed by atoms with Crippen molar-refractivity contribution in [2.75, 3.05) is 19.6 Å². The van der Waals surface area contributed by atoms with Gasteiger partial charge in [0.15, 0.2) is 5.82 Å². The van der Waals surface area contributed by atoms with Crippen LogP contribution >= 0.6 is 0 Å². The molecule has 1 aliphatic heterocycles. The highest BCUT2D eigenvalue weighted by Crippen LogP contribution is 2.23. The van der Waals surface area contributed by atoms with E-state index in [1.165, 1.54) is 0 Å². The fourth-order valence-electron chi connectivity index (χ4n) is 2.36. The summed E-state index contributed by atoms with van der Waals surface area (Å²) in [6.07, 6.45) is 0.0336. The van der Waals surface area contributed by atoms with E-state index in [1.54, 1.807) is 11.8 Å². The third-order valence-electron chi connectivity index (χ3n) is 3.73. The summed E-state index contributed by atoms with van der Waals surface area (Å²) in [6, 6.07) is 7.49. The third-order valence-corrected chi connectivity index (χ3v) is 3.73. The Balaban J connectivity index is 1.47. The lowest BCUT2D eigenvalue weighted by Crippen LogP contribution is -2.59. The number of nitrogens with zero attached hydrogens (tertiary/aromatic N) is 3. The Morgan fingerprint density at radius 2 is 2.08 bits per heavy atom. The molecule has 0 spiro atoms. The monoisotopic (exact) mass is 330 g/mol. The molecule has 1 fully saturated rings. The highest BCUT2D eigenvalue weighted by molar-refractivity contribution is 5.75. The van der Waals surface area contributed by atoms with Crippen LogP contribution in [0.5, 0.6) is 5.75 Å². The number of hydrogen-bond acceptors (Lipinski definition) is 5. The van der Waals surface area contributed by atoms with Crippen molar-refractivity contribution < 1.29 is 14.1 Å². The minimum absolute atomic E-state index is 0.0225. The van der Waals surface area contributed by atoms with Gasteiger partial charge in [0.1, 0.15) is 11.9 Å². The van der Waals surface area contributed by atoms with Crippen LogP contribution in [-0.4, -0.2) is 46.8 Å². The number of carbonyl (C=O) groups excluding carboxylic acids is 1. The number of aryl methyl sites for hydroxylation is 1. The molecule has 2 amide bonds. The maximum absolute atomic E-state index is 11.9. The minimum atomic E-state index is -0.0225. The second-order valence-electron chi connectivity index (χ2n) is 6.40. The third kappa shape index (κ3) is 3.84. The number of ether oxygens (including phenoxy) is 1. The topological polar surface area (TPSA) is 80.5 Å². The maximum atomic E-state index is 11.9. The fourth-order valence-corrected chi connectivity index (χ4v) is 2.36. The molecule has 0 aliphatic carbocycles. The van der Waals surface area contributed by atoms with Crippen LogP contribution in [0.1, 0.15) is 19.7 Å². The molecule has 0 radical (unpaired) electrons. The molecular formula is C17H22N4O3. The van der Waals surface area contributed by atoms with Crippen LogP contribution in [0.15, 0.2) is 28.8 Å². The van der Waals surface area contributed by atoms with Gasteiger partial charge in [-0.25, -0.2) is 4.79 Å². The normalized spacial score (nSPS) is 14.6. The second kappa shape index (κ2) is 6.90. The largest absolute Gasteiger partial charge is 0.487 e. The van der Waals surface area contributed by atoms with E-state index >= 15 is 0 Å². The van der Waals surface area contributed by atoms with Crippen molar-refractivity contribution >= 4 is 6.03 Å². The molecule has 3 rings (SSSR count). The van der Waals surface area contributed by atoms with Crippen LogP contribution in [0.25, 0.3) is 11.5 Å². The van der Waals surface area contributed by atoms with Gasteiger partial charge < -0.3 is 19.5 Å². The van der Waals surface area contributed by atoms with Crippen molar-refractivity contribution in [3.05, 3.63) is 30.1 Å². The number of likely N-dealkylation sites (tertiary alicyclic amines) is 1. The van der Waals surface area contributed by atoms with E-state index in [2.05, 4.69) is 29.3 Å². The van der Waals surface area contributed by atoms with Gasteiger partial charge in [0, 0.05) is 12.1 Å². The van der Waals surface area contributed by atoms with Gasteiger partial charge in [-0.3, -0.25) is 0 Å². The summed E-state index contributed by atoms with van der Waals surface area (Å²) in [4.78, 5) is 17.8. The summed E-state index contributed by atoms with van der Waals surface area (Å²) >= 11 is 0. The molecule has 24 heavy (non-hydrogen) atoms. The Hall–Kier alpha value is -2.57. The van der Waals surface area contributed by atoms with Gasteiger partial charge in [-0.15, -0.1) is 0 Å². The molecule has 0 atom stereocenters. The number of rotatable bonds is 5. The molecule has 2 aromatic rings. The average molecular weight is 330 g/mol. The summed E-state index contributed by atoms with van der Waals surface area (Å²) < 4.78 is 11.0. The number of hydrogen-bond donors (Lipinski definition) is 1. The second-order valence-corrected chi connectivity index (χ2v) is 6.40. The van der Waals surface area contributed by atoms with E-state index in [-0.39, 0.29) is 12.1 Å². The summed E-state index contributed by atoms with van der Waals surface area (Å²) in [5.41, 5.74) is 0.853. The SMILES string of the molecule is Cc1noc(-c2ccc(OC3CN(C(=O)NCC(C)C)C3)cc2)n1. The van der Waals surface area contributed by atoms with E-state index in [0.717, 1.165) is 11.3 Å². The first-order valence-corrected chi connectivity index (χ1v) is 8.11. The van der Waals surface area contributed by atoms with Gasteiger partial charge in [0.2, 0.25) is 0 Å². The first-order chi connectivity index (χ1) is 11.5. The van der Waals surface area contributed by atoms with Gasteiger partial charge in [0.05, 0.1) is 13.1 Å². The number of carbonyl (C=O) groups is 1. The summed E-state index contributed by atoms with van der Waals surface area (Å²) in [5, 5.41) is 6.68. The van der Waals surface area contributed by atoms with Crippen LogP contribution < -0.4 is 10.1 Å². The van der Waals surface area contributed by atoms with E-state index in [4.69, 9.17) is 9.26 Å². The van der Waals surface area contributed by atoms with Gasteiger partial charge >= 0.3 is 6.03 Å². The maximum Gasteiger partial charge on any atom is 0.317 e. The average Bonchev–Trinajstić information content (AvgIpc) is 2.95. The molecule has 1 aromatic heterocycles. The van der Waals surface area contributed by atoms with Crippen LogP contribution in [0.4, 0.5) is 4.79 Å². The van der Waals surface area contributed by atoms with Crippen LogP contribution in [0.2, 0.25) is 0 Å². The minimum Gasteiger partial charge on any atom is -0.487 e. The quantitative estimate of drug-likeness (QED) is 0.911. The molecule has 1 N–H and O–H groups in total. The van der Waals surface area contributed by atoms with Gasteiger partial charge in [0.25, 0.3) is 5.89 Å². The predicted octanol–water partition coefficient (Wildman–Crippen LogP) is 2.47. The summed E-state index contributed by atoms with van der Waals surface area (Å²) in [7, 11) is 0. The lowest BCUT2D eigenvalue weighted by Gasteiger charge is -2.38. The van der Waals surface area contributed by atoms with E-state index in [1.807, 2.05) is 24.3 Å². The molecule has 2 heterocycles. The van der Waals surface area contributed by atoms with Gasteiger partial charge in [-0.1, -0.05) is 19.0 Å². The Labute approximate surface area is 141 Å². The van der Waals surface area contributed by atoms with Crippen molar-refractivity contribution in [3.63, 3.8) is 0 Å². The van der Waals surface area contributed by atoms with Crippen LogP contribution in [0.3, 0.4) is 0 Å². The van der Waals surface area contributed by atoms with Crippen molar-refractivity contribution in [1.29, 1.82) is 0 Å². The molecular weight excluding hydrogens is 308 g/mol. The van der Waals surface area contributed by atoms with Crippen LogP contribution in [0, 0.1) is 12.8 Å². The standard InChI is InChI=1S/C17H22N4O3/c1-11(2)8-18-17(22)21-9-15(10-21)23-14-6-4-13(5-7-14)16-19-12(3)20-24-16/h4-7,11,15H,8-10H2,1-3H3,(H,18,22). The zero-order valence-electron chi connectivity index (χ0n) is 14.2. The zero-order valence-corrected chi connectivity index (χ0v) is 14.2. The number of amides is 2. The lowest BCUT2D eigenvalue weighted by atomic mass is 10.1. The van der Waals surface area contributed by atoms with E-state index in [9.17, 15) is 4.79 Å². The number of aromatic nitrogens is 2. The summed E-state index contributed by atoms with van der Waals surface area (Å²) in [6.45, 7) is 7.83. The zero-order chi connectivity index (χ0) is 17.1. The van der Waals surface area contributed by atoms with Crippen molar-refractivity contribution in [1.82, 2.24) is 20.4 Å². The molecule has 1 aliphatic rings. The number of urea groups is 1. The first-order valence-electron chi connectivity index (χ1n) is 8.11. The molecule has 7 heteroatoms. The fraction of sp³-hybridized carbons (Fsp3) is 0.471. The van der Waals surface area contributed by atoms with Crippen molar-refractivity contribution in [2.45, 2.75) is 26.9 Å². The van der Waals surface area contributed by atoms with E-state index < -0.39 is 0 Å². The summed E-state index contributed by atoms with van der Waals surface area (Å²) in [5.74, 6) is 2.32. The van der Waals surface area contributed by atoms with Gasteiger partial charge in [-0.2, -0.15) is 4.98 Å². The van der Waals surface area contributed by atoms with Crippen molar-refractivity contribution in [2.24, 2.45) is 5.92 Å². The number of nitrogens with one attached hydrogen (secondary N) is 1. The van der Waals surface area contributed by atoms with Gasteiger partial charge in [-0.05, 0) is 37.1 Å². The predicted molar refractivity (Wildman–Crippen MR) is 88.7 cm³/mol. The lowest BCUT2D eigenvalue weighted by molar-refractivity contribution is 0.0443. The Morgan fingerprint density at radius 1 is 1.38 bits per heavy atom. The molecule has 0 bridgehead atoms. The Bertz CT molecular complexity index is 690. The molecule has 1 aromatic carbocycles.